The lowest BCUT2D eigenvalue weighted by Crippen LogP contribution is -2.11. The number of carbonyl (C=O) groups is 2. The number of rotatable bonds is 13. The van der Waals surface area contributed by atoms with Crippen LogP contribution in [0.15, 0.2) is 24.3 Å². The van der Waals surface area contributed by atoms with Gasteiger partial charge in [0.25, 0.3) is 0 Å². The van der Waals surface area contributed by atoms with Gasteiger partial charge in [0.2, 0.25) is 0 Å². The SMILES string of the molecule is CC(=O)C1(CCCCCc2ccccc2CCCCC2(C(C)=O)CC2)CC1. The molecular weight excluding hydrogens is 332 g/mol. The fraction of sp³-hybridized carbons (Fsp3) is 0.680. The normalized spacial score (nSPS) is 18.9. The smallest absolute Gasteiger partial charge is 0.135 e. The van der Waals surface area contributed by atoms with Crippen molar-refractivity contribution in [3.05, 3.63) is 35.4 Å². The number of carbonyl (C=O) groups excluding carboxylic acids is 2. The van der Waals surface area contributed by atoms with Crippen molar-refractivity contribution in [2.75, 3.05) is 0 Å². The summed E-state index contributed by atoms with van der Waals surface area (Å²) in [5.74, 6) is 0.811. The molecule has 0 radical (unpaired) electrons. The lowest BCUT2D eigenvalue weighted by molar-refractivity contribution is -0.123. The first-order valence-electron chi connectivity index (χ1n) is 11.1. The number of aryl methyl sites for hydroxylation is 2. The predicted octanol–water partition coefficient (Wildman–Crippen LogP) is 6.24. The molecule has 148 valence electrons. The number of hydrogen-bond donors (Lipinski definition) is 0. The number of benzene rings is 1. The summed E-state index contributed by atoms with van der Waals surface area (Å²) >= 11 is 0. The molecule has 2 aliphatic carbocycles. The maximum Gasteiger partial charge on any atom is 0.135 e. The minimum atomic E-state index is 0.0678. The molecule has 0 aromatic heterocycles. The average molecular weight is 369 g/mol. The third-order valence-corrected chi connectivity index (χ3v) is 7.27. The van der Waals surface area contributed by atoms with E-state index in [0.29, 0.717) is 11.6 Å². The highest BCUT2D eigenvalue weighted by atomic mass is 16.1. The first-order valence-corrected chi connectivity index (χ1v) is 11.1. The van der Waals surface area contributed by atoms with Crippen LogP contribution in [-0.4, -0.2) is 11.6 Å². The lowest BCUT2D eigenvalue weighted by Gasteiger charge is -2.13. The van der Waals surface area contributed by atoms with Gasteiger partial charge in [0.1, 0.15) is 11.6 Å². The van der Waals surface area contributed by atoms with Gasteiger partial charge in [0.15, 0.2) is 0 Å². The van der Waals surface area contributed by atoms with Gasteiger partial charge >= 0.3 is 0 Å². The van der Waals surface area contributed by atoms with Gasteiger partial charge in [-0.3, -0.25) is 9.59 Å². The topological polar surface area (TPSA) is 34.1 Å². The Kier molecular flexibility index (Phi) is 6.55. The van der Waals surface area contributed by atoms with E-state index in [1.165, 1.54) is 43.2 Å². The molecule has 1 aromatic rings. The van der Waals surface area contributed by atoms with Crippen molar-refractivity contribution in [2.24, 2.45) is 10.8 Å². The number of hydrogen-bond acceptors (Lipinski definition) is 2. The molecule has 0 saturated heterocycles. The molecule has 0 atom stereocenters. The van der Waals surface area contributed by atoms with Gasteiger partial charge < -0.3 is 0 Å². The van der Waals surface area contributed by atoms with Crippen molar-refractivity contribution in [1.29, 1.82) is 0 Å². The zero-order valence-corrected chi connectivity index (χ0v) is 17.3. The van der Waals surface area contributed by atoms with Crippen LogP contribution in [0.5, 0.6) is 0 Å². The van der Waals surface area contributed by atoms with Crippen LogP contribution < -0.4 is 0 Å². The van der Waals surface area contributed by atoms with Gasteiger partial charge in [0.05, 0.1) is 0 Å². The molecule has 2 saturated carbocycles. The summed E-state index contributed by atoms with van der Waals surface area (Å²) in [6.45, 7) is 3.54. The molecule has 2 heteroatoms. The standard InChI is InChI=1S/C25H36O2/c1-20(26)24(16-17-24)14-8-3-4-10-22-11-5-6-12-23(22)13-7-9-15-25(18-19-25)21(2)27/h5-6,11-12H,3-4,7-10,13-19H2,1-2H3. The molecule has 0 heterocycles. The average Bonchev–Trinajstić information content (AvgIpc) is 3.55. The molecule has 3 rings (SSSR count). The van der Waals surface area contributed by atoms with Crippen molar-refractivity contribution in [3.8, 4) is 0 Å². The van der Waals surface area contributed by atoms with Crippen LogP contribution in [0.25, 0.3) is 0 Å². The highest BCUT2D eigenvalue weighted by molar-refractivity contribution is 5.85. The van der Waals surface area contributed by atoms with Crippen LogP contribution >= 0.6 is 0 Å². The van der Waals surface area contributed by atoms with Gasteiger partial charge in [-0.1, -0.05) is 43.5 Å². The molecule has 0 spiro atoms. The van der Waals surface area contributed by atoms with Gasteiger partial charge in [-0.2, -0.15) is 0 Å². The van der Waals surface area contributed by atoms with E-state index in [1.807, 2.05) is 0 Å². The Morgan fingerprint density at radius 1 is 0.704 bits per heavy atom. The highest BCUT2D eigenvalue weighted by Gasteiger charge is 2.46. The first kappa shape index (κ1) is 20.3. The number of Topliss-reactive ketones (excluding diaryl/α,β-unsaturated/α-hetero) is 2. The van der Waals surface area contributed by atoms with E-state index >= 15 is 0 Å². The number of ketones is 2. The number of unbranched alkanes of at least 4 members (excludes halogenated alkanes) is 3. The van der Waals surface area contributed by atoms with Crippen LogP contribution in [0.3, 0.4) is 0 Å². The molecular formula is C25H36O2. The minimum absolute atomic E-state index is 0.0678. The van der Waals surface area contributed by atoms with Crippen LogP contribution in [0.1, 0.15) is 95.6 Å². The summed E-state index contributed by atoms with van der Waals surface area (Å²) in [6, 6.07) is 8.87. The Balaban J connectivity index is 1.36. The molecule has 0 bridgehead atoms. The van der Waals surface area contributed by atoms with E-state index in [2.05, 4.69) is 24.3 Å². The maximum atomic E-state index is 11.7. The summed E-state index contributed by atoms with van der Waals surface area (Å²) in [5, 5.41) is 0. The highest BCUT2D eigenvalue weighted by Crippen LogP contribution is 2.51. The van der Waals surface area contributed by atoms with Crippen LogP contribution in [0.4, 0.5) is 0 Å². The van der Waals surface area contributed by atoms with Gasteiger partial charge in [0, 0.05) is 10.8 Å². The van der Waals surface area contributed by atoms with Crippen LogP contribution in [0.2, 0.25) is 0 Å². The monoisotopic (exact) mass is 368 g/mol. The Morgan fingerprint density at radius 3 is 1.52 bits per heavy atom. The molecule has 0 aliphatic heterocycles. The summed E-state index contributed by atoms with van der Waals surface area (Å²) in [4.78, 5) is 23.4. The van der Waals surface area contributed by atoms with Gasteiger partial charge in [-0.15, -0.1) is 0 Å². The molecule has 0 unspecified atom stereocenters. The first-order chi connectivity index (χ1) is 13.0. The van der Waals surface area contributed by atoms with E-state index in [1.54, 1.807) is 13.8 Å². The van der Waals surface area contributed by atoms with Crippen molar-refractivity contribution >= 4 is 11.6 Å². The predicted molar refractivity (Wildman–Crippen MR) is 111 cm³/mol. The van der Waals surface area contributed by atoms with E-state index in [4.69, 9.17) is 0 Å². The van der Waals surface area contributed by atoms with Gasteiger partial charge in [-0.05, 0) is 89.2 Å². The fourth-order valence-electron chi connectivity index (χ4n) is 4.64. The summed E-state index contributed by atoms with van der Waals surface area (Å²) < 4.78 is 0. The molecule has 1 aromatic carbocycles. The maximum absolute atomic E-state index is 11.7. The zero-order valence-electron chi connectivity index (χ0n) is 17.3. The molecule has 2 aliphatic rings. The Labute approximate surface area is 165 Å². The zero-order chi connectivity index (χ0) is 19.3. The van der Waals surface area contributed by atoms with E-state index in [-0.39, 0.29) is 10.8 Å². The lowest BCUT2D eigenvalue weighted by atomic mass is 9.91. The van der Waals surface area contributed by atoms with Crippen LogP contribution in [-0.2, 0) is 22.4 Å². The Morgan fingerprint density at radius 2 is 1.11 bits per heavy atom. The van der Waals surface area contributed by atoms with E-state index < -0.39 is 0 Å². The Hall–Kier alpha value is -1.44. The minimum Gasteiger partial charge on any atom is -0.299 e. The van der Waals surface area contributed by atoms with E-state index in [0.717, 1.165) is 51.4 Å². The molecule has 2 nitrogen and oxygen atoms in total. The second kappa shape index (κ2) is 8.71. The molecule has 0 N–H and O–H groups in total. The second-order valence-corrected chi connectivity index (χ2v) is 9.21. The van der Waals surface area contributed by atoms with Gasteiger partial charge in [-0.25, -0.2) is 0 Å². The summed E-state index contributed by atoms with van der Waals surface area (Å²) in [6.07, 6.45) is 14.9. The molecule has 0 amide bonds. The third-order valence-electron chi connectivity index (χ3n) is 7.27. The molecule has 27 heavy (non-hydrogen) atoms. The largest absolute Gasteiger partial charge is 0.299 e. The molecule has 2 fully saturated rings. The third kappa shape index (κ3) is 5.30. The van der Waals surface area contributed by atoms with Crippen LogP contribution in [0, 0.1) is 10.8 Å². The fourth-order valence-corrected chi connectivity index (χ4v) is 4.64. The van der Waals surface area contributed by atoms with Crippen molar-refractivity contribution in [1.82, 2.24) is 0 Å². The summed E-state index contributed by atoms with van der Waals surface area (Å²) in [7, 11) is 0. The van der Waals surface area contributed by atoms with Crippen molar-refractivity contribution in [2.45, 2.75) is 97.3 Å². The van der Waals surface area contributed by atoms with Crippen molar-refractivity contribution < 1.29 is 9.59 Å². The van der Waals surface area contributed by atoms with Crippen molar-refractivity contribution in [3.63, 3.8) is 0 Å². The quantitative estimate of drug-likeness (QED) is 0.386. The Bertz CT molecular complexity index is 665. The van der Waals surface area contributed by atoms with E-state index in [9.17, 15) is 9.59 Å². The summed E-state index contributed by atoms with van der Waals surface area (Å²) in [5.41, 5.74) is 3.14. The second-order valence-electron chi connectivity index (χ2n) is 9.21.